The van der Waals surface area contributed by atoms with E-state index in [0.29, 0.717) is 28.6 Å². The standard InChI is InChI=1S/C23H21ClN6/c1-15-7-11-17(12-8-15)25-21-28-22(26-18-13-9-16(2)10-14-18)30-23(29-21)27-20-6-4-3-5-19(20)24/h3-14H,1-2H3,(H3,25,26,27,28,29,30). The highest BCUT2D eigenvalue weighted by molar-refractivity contribution is 6.33. The molecule has 6 nitrogen and oxygen atoms in total. The van der Waals surface area contributed by atoms with Crippen LogP contribution in [0.25, 0.3) is 0 Å². The molecule has 0 bridgehead atoms. The Balaban J connectivity index is 1.66. The largest absolute Gasteiger partial charge is 0.324 e. The lowest BCUT2D eigenvalue weighted by molar-refractivity contribution is 1.06. The highest BCUT2D eigenvalue weighted by atomic mass is 35.5. The lowest BCUT2D eigenvalue weighted by Gasteiger charge is -2.12. The summed E-state index contributed by atoms with van der Waals surface area (Å²) < 4.78 is 0. The Labute approximate surface area is 180 Å². The van der Waals surface area contributed by atoms with Crippen molar-refractivity contribution < 1.29 is 0 Å². The van der Waals surface area contributed by atoms with Crippen LogP contribution in [0, 0.1) is 13.8 Å². The number of benzene rings is 3. The van der Waals surface area contributed by atoms with Crippen molar-refractivity contribution in [2.45, 2.75) is 13.8 Å². The fraction of sp³-hybridized carbons (Fsp3) is 0.0870. The minimum atomic E-state index is 0.377. The number of hydrogen-bond acceptors (Lipinski definition) is 6. The van der Waals surface area contributed by atoms with Crippen LogP contribution >= 0.6 is 11.6 Å². The molecule has 0 aliphatic heterocycles. The highest BCUT2D eigenvalue weighted by Crippen LogP contribution is 2.25. The minimum absolute atomic E-state index is 0.377. The molecule has 0 aliphatic carbocycles. The van der Waals surface area contributed by atoms with Crippen LogP contribution < -0.4 is 16.0 Å². The second-order valence-electron chi connectivity index (χ2n) is 6.89. The summed E-state index contributed by atoms with van der Waals surface area (Å²) in [5.41, 5.74) is 4.85. The molecule has 0 saturated heterocycles. The topological polar surface area (TPSA) is 74.8 Å². The molecule has 3 aromatic carbocycles. The summed E-state index contributed by atoms with van der Waals surface area (Å²) in [5, 5.41) is 10.2. The van der Waals surface area contributed by atoms with E-state index >= 15 is 0 Å². The minimum Gasteiger partial charge on any atom is -0.324 e. The summed E-state index contributed by atoms with van der Waals surface area (Å²) >= 11 is 6.28. The first-order valence-electron chi connectivity index (χ1n) is 9.50. The second kappa shape index (κ2) is 8.80. The van der Waals surface area contributed by atoms with Gasteiger partial charge in [0.25, 0.3) is 0 Å². The van der Waals surface area contributed by atoms with Crippen molar-refractivity contribution in [1.29, 1.82) is 0 Å². The Morgan fingerprint density at radius 3 is 1.47 bits per heavy atom. The van der Waals surface area contributed by atoms with Gasteiger partial charge < -0.3 is 16.0 Å². The molecule has 7 heteroatoms. The Bertz CT molecular complexity index is 1080. The van der Waals surface area contributed by atoms with Gasteiger partial charge in [0.15, 0.2) is 0 Å². The third-order valence-corrected chi connectivity index (χ3v) is 4.70. The molecule has 30 heavy (non-hydrogen) atoms. The van der Waals surface area contributed by atoms with E-state index < -0.39 is 0 Å². The molecule has 0 amide bonds. The molecular formula is C23H21ClN6. The van der Waals surface area contributed by atoms with Gasteiger partial charge in [-0.3, -0.25) is 0 Å². The van der Waals surface area contributed by atoms with E-state index in [0.717, 1.165) is 11.4 Å². The predicted octanol–water partition coefficient (Wildman–Crippen LogP) is 6.37. The number of para-hydroxylation sites is 1. The Morgan fingerprint density at radius 2 is 1.00 bits per heavy atom. The van der Waals surface area contributed by atoms with Gasteiger partial charge in [-0.1, -0.05) is 59.1 Å². The summed E-state index contributed by atoms with van der Waals surface area (Å²) in [4.78, 5) is 13.5. The molecule has 150 valence electrons. The zero-order valence-corrected chi connectivity index (χ0v) is 17.4. The van der Waals surface area contributed by atoms with Crippen LogP contribution in [0.3, 0.4) is 0 Å². The van der Waals surface area contributed by atoms with Crippen molar-refractivity contribution in [1.82, 2.24) is 15.0 Å². The van der Waals surface area contributed by atoms with Crippen LogP contribution in [0.4, 0.5) is 34.9 Å². The van der Waals surface area contributed by atoms with Crippen LogP contribution in [-0.4, -0.2) is 15.0 Å². The van der Waals surface area contributed by atoms with Crippen LogP contribution in [0.2, 0.25) is 5.02 Å². The first-order chi connectivity index (χ1) is 14.5. The van der Waals surface area contributed by atoms with Gasteiger partial charge in [0, 0.05) is 11.4 Å². The Morgan fingerprint density at radius 1 is 0.567 bits per heavy atom. The summed E-state index contributed by atoms with van der Waals surface area (Å²) in [7, 11) is 0. The van der Waals surface area contributed by atoms with Gasteiger partial charge in [0.05, 0.1) is 10.7 Å². The zero-order valence-electron chi connectivity index (χ0n) is 16.6. The van der Waals surface area contributed by atoms with E-state index in [1.165, 1.54) is 11.1 Å². The molecule has 1 heterocycles. The maximum absolute atomic E-state index is 6.28. The number of aryl methyl sites for hydroxylation is 2. The zero-order chi connectivity index (χ0) is 20.9. The van der Waals surface area contributed by atoms with Crippen LogP contribution in [-0.2, 0) is 0 Å². The Kier molecular flexibility index (Phi) is 5.77. The molecule has 0 unspecified atom stereocenters. The normalized spacial score (nSPS) is 10.5. The second-order valence-corrected chi connectivity index (χ2v) is 7.30. The van der Waals surface area contributed by atoms with Gasteiger partial charge in [-0.05, 0) is 50.2 Å². The van der Waals surface area contributed by atoms with Crippen molar-refractivity contribution >= 4 is 46.5 Å². The lowest BCUT2D eigenvalue weighted by Crippen LogP contribution is -2.07. The van der Waals surface area contributed by atoms with Gasteiger partial charge in [-0.25, -0.2) is 0 Å². The molecule has 0 saturated carbocycles. The number of nitrogens with zero attached hydrogens (tertiary/aromatic N) is 3. The lowest BCUT2D eigenvalue weighted by atomic mass is 10.2. The maximum atomic E-state index is 6.28. The summed E-state index contributed by atoms with van der Waals surface area (Å²) in [6, 6.07) is 23.5. The van der Waals surface area contributed by atoms with Crippen molar-refractivity contribution in [2.75, 3.05) is 16.0 Å². The molecule has 0 fully saturated rings. The fourth-order valence-electron chi connectivity index (χ4n) is 2.76. The molecule has 3 N–H and O–H groups in total. The summed E-state index contributed by atoms with van der Waals surface area (Å²) in [5.74, 6) is 1.21. The third-order valence-electron chi connectivity index (χ3n) is 4.37. The molecule has 0 spiro atoms. The van der Waals surface area contributed by atoms with Crippen molar-refractivity contribution in [3.05, 3.63) is 88.9 Å². The number of halogens is 1. The van der Waals surface area contributed by atoms with Gasteiger partial charge in [-0.15, -0.1) is 0 Å². The monoisotopic (exact) mass is 416 g/mol. The van der Waals surface area contributed by atoms with Gasteiger partial charge in [0.1, 0.15) is 0 Å². The highest BCUT2D eigenvalue weighted by Gasteiger charge is 2.09. The smallest absolute Gasteiger partial charge is 0.233 e. The van der Waals surface area contributed by atoms with Crippen molar-refractivity contribution in [2.24, 2.45) is 0 Å². The number of aromatic nitrogens is 3. The molecule has 4 aromatic rings. The van der Waals surface area contributed by atoms with Crippen molar-refractivity contribution in [3.63, 3.8) is 0 Å². The van der Waals surface area contributed by atoms with Gasteiger partial charge in [0.2, 0.25) is 17.8 Å². The van der Waals surface area contributed by atoms with Gasteiger partial charge >= 0.3 is 0 Å². The van der Waals surface area contributed by atoms with E-state index in [2.05, 4.69) is 30.9 Å². The predicted molar refractivity (Wildman–Crippen MR) is 123 cm³/mol. The van der Waals surface area contributed by atoms with Crippen LogP contribution in [0.1, 0.15) is 11.1 Å². The molecule has 0 radical (unpaired) electrons. The molecule has 1 aromatic heterocycles. The van der Waals surface area contributed by atoms with Gasteiger partial charge in [-0.2, -0.15) is 15.0 Å². The first kappa shape index (κ1) is 19.7. The third kappa shape index (κ3) is 5.04. The van der Waals surface area contributed by atoms with E-state index in [4.69, 9.17) is 11.6 Å². The number of hydrogen-bond donors (Lipinski definition) is 3. The van der Waals surface area contributed by atoms with Crippen LogP contribution in [0.5, 0.6) is 0 Å². The van der Waals surface area contributed by atoms with E-state index in [-0.39, 0.29) is 0 Å². The molecule has 0 atom stereocenters. The summed E-state index contributed by atoms with van der Waals surface area (Å²) in [6.45, 7) is 4.09. The molecule has 0 aliphatic rings. The molecular weight excluding hydrogens is 396 g/mol. The number of nitrogens with one attached hydrogen (secondary N) is 3. The first-order valence-corrected chi connectivity index (χ1v) is 9.88. The average molecular weight is 417 g/mol. The fourth-order valence-corrected chi connectivity index (χ4v) is 2.94. The average Bonchev–Trinajstić information content (AvgIpc) is 2.73. The van der Waals surface area contributed by atoms with E-state index in [1.54, 1.807) is 0 Å². The summed E-state index contributed by atoms with van der Waals surface area (Å²) in [6.07, 6.45) is 0. The number of anilines is 6. The van der Waals surface area contributed by atoms with E-state index in [1.807, 2.05) is 86.6 Å². The number of rotatable bonds is 6. The Hall–Kier alpha value is -3.64. The maximum Gasteiger partial charge on any atom is 0.233 e. The van der Waals surface area contributed by atoms with Crippen LogP contribution in [0.15, 0.2) is 72.8 Å². The SMILES string of the molecule is Cc1ccc(Nc2nc(Nc3ccc(C)cc3)nc(Nc3ccccc3Cl)n2)cc1. The van der Waals surface area contributed by atoms with E-state index in [9.17, 15) is 0 Å². The quantitative estimate of drug-likeness (QED) is 0.339. The van der Waals surface area contributed by atoms with Crippen molar-refractivity contribution in [3.8, 4) is 0 Å². The molecule has 4 rings (SSSR count).